The van der Waals surface area contributed by atoms with E-state index in [2.05, 4.69) is 17.1 Å². The van der Waals surface area contributed by atoms with Crippen molar-refractivity contribution < 1.29 is 9.13 Å². The molecule has 0 saturated carbocycles. The van der Waals surface area contributed by atoms with E-state index in [1.165, 1.54) is 25.5 Å². The molecule has 1 atom stereocenters. The van der Waals surface area contributed by atoms with Crippen LogP contribution in [0.4, 0.5) is 4.39 Å². The van der Waals surface area contributed by atoms with E-state index in [0.29, 0.717) is 33.9 Å². The summed E-state index contributed by atoms with van der Waals surface area (Å²) < 4.78 is 19.8. The Morgan fingerprint density at radius 2 is 2.11 bits per heavy atom. The minimum Gasteiger partial charge on any atom is -0.488 e. The number of hydrogen-bond donors (Lipinski definition) is 1. The van der Waals surface area contributed by atoms with Gasteiger partial charge in [0, 0.05) is 35.3 Å². The van der Waals surface area contributed by atoms with Crippen LogP contribution in [-0.2, 0) is 13.2 Å². The maximum absolute atomic E-state index is 14.0. The zero-order valence-corrected chi connectivity index (χ0v) is 17.0. The lowest BCUT2D eigenvalue weighted by Crippen LogP contribution is -2.37. The third kappa shape index (κ3) is 5.35. The van der Waals surface area contributed by atoms with Crippen molar-refractivity contribution >= 4 is 23.2 Å². The van der Waals surface area contributed by atoms with Gasteiger partial charge in [-0.15, -0.1) is 0 Å². The first kappa shape index (κ1) is 20.4. The SMILES string of the molecule is CCN1CCC[C@@H]1CNCc1cc(Cl)ccc1OCc1c(F)cccc1Cl. The largest absolute Gasteiger partial charge is 0.488 e. The molecule has 0 spiro atoms. The fourth-order valence-electron chi connectivity index (χ4n) is 3.56. The van der Waals surface area contributed by atoms with Crippen molar-refractivity contribution in [2.75, 3.05) is 19.6 Å². The number of rotatable bonds is 8. The van der Waals surface area contributed by atoms with Crippen LogP contribution >= 0.6 is 23.2 Å². The minimum absolute atomic E-state index is 0.0758. The number of halogens is 3. The van der Waals surface area contributed by atoms with Crippen LogP contribution in [0, 0.1) is 5.82 Å². The quantitative estimate of drug-likeness (QED) is 0.639. The van der Waals surface area contributed by atoms with Crippen molar-refractivity contribution in [1.82, 2.24) is 10.2 Å². The van der Waals surface area contributed by atoms with Gasteiger partial charge in [0.2, 0.25) is 0 Å². The van der Waals surface area contributed by atoms with E-state index in [1.54, 1.807) is 18.2 Å². The molecule has 27 heavy (non-hydrogen) atoms. The maximum atomic E-state index is 14.0. The molecular weight excluding hydrogens is 386 g/mol. The lowest BCUT2D eigenvalue weighted by Gasteiger charge is -2.23. The van der Waals surface area contributed by atoms with Gasteiger partial charge in [-0.25, -0.2) is 4.39 Å². The molecule has 1 heterocycles. The van der Waals surface area contributed by atoms with Crippen molar-refractivity contribution in [3.8, 4) is 5.75 Å². The Labute approximate surface area is 170 Å². The van der Waals surface area contributed by atoms with Gasteiger partial charge in [0.05, 0.1) is 5.02 Å². The molecule has 1 aliphatic rings. The third-order valence-electron chi connectivity index (χ3n) is 5.06. The van der Waals surface area contributed by atoms with E-state index in [0.717, 1.165) is 18.7 Å². The molecule has 0 bridgehead atoms. The highest BCUT2D eigenvalue weighted by Gasteiger charge is 2.22. The number of hydrogen-bond acceptors (Lipinski definition) is 3. The van der Waals surface area contributed by atoms with E-state index < -0.39 is 0 Å². The molecule has 0 amide bonds. The summed E-state index contributed by atoms with van der Waals surface area (Å²) in [5.74, 6) is 0.321. The van der Waals surface area contributed by atoms with Gasteiger partial charge in [-0.2, -0.15) is 0 Å². The molecule has 1 saturated heterocycles. The number of likely N-dealkylation sites (N-methyl/N-ethyl adjacent to an activating group) is 1. The van der Waals surface area contributed by atoms with Gasteiger partial charge in [-0.3, -0.25) is 4.90 Å². The van der Waals surface area contributed by atoms with E-state index >= 15 is 0 Å². The van der Waals surface area contributed by atoms with Crippen LogP contribution in [0.3, 0.4) is 0 Å². The average Bonchev–Trinajstić information content (AvgIpc) is 3.10. The fourth-order valence-corrected chi connectivity index (χ4v) is 3.98. The van der Waals surface area contributed by atoms with E-state index in [4.69, 9.17) is 27.9 Å². The van der Waals surface area contributed by atoms with Gasteiger partial charge in [-0.1, -0.05) is 36.2 Å². The molecule has 0 aliphatic carbocycles. The maximum Gasteiger partial charge on any atom is 0.131 e. The molecule has 1 fully saturated rings. The van der Waals surface area contributed by atoms with Gasteiger partial charge in [0.25, 0.3) is 0 Å². The Morgan fingerprint density at radius 3 is 2.89 bits per heavy atom. The first-order valence-corrected chi connectivity index (χ1v) is 10.1. The lowest BCUT2D eigenvalue weighted by molar-refractivity contribution is 0.258. The summed E-state index contributed by atoms with van der Waals surface area (Å²) in [7, 11) is 0. The van der Waals surface area contributed by atoms with Crippen LogP contribution in [0.2, 0.25) is 10.0 Å². The fraction of sp³-hybridized carbons (Fsp3) is 0.429. The van der Waals surface area contributed by atoms with Gasteiger partial charge in [0.1, 0.15) is 18.2 Å². The predicted molar refractivity (Wildman–Crippen MR) is 109 cm³/mol. The second-order valence-electron chi connectivity index (χ2n) is 6.80. The Kier molecular flexibility index (Phi) is 7.36. The van der Waals surface area contributed by atoms with Crippen LogP contribution in [0.1, 0.15) is 30.9 Å². The Balaban J connectivity index is 1.62. The number of benzene rings is 2. The molecule has 3 nitrogen and oxygen atoms in total. The summed E-state index contributed by atoms with van der Waals surface area (Å²) in [6.45, 7) is 6.12. The molecular formula is C21H25Cl2FN2O. The zero-order chi connectivity index (χ0) is 19.2. The summed E-state index contributed by atoms with van der Waals surface area (Å²) in [6, 6.07) is 10.7. The second-order valence-corrected chi connectivity index (χ2v) is 7.64. The summed E-state index contributed by atoms with van der Waals surface area (Å²) in [5, 5.41) is 4.53. The van der Waals surface area contributed by atoms with Crippen molar-refractivity contribution in [2.24, 2.45) is 0 Å². The van der Waals surface area contributed by atoms with Crippen LogP contribution in [-0.4, -0.2) is 30.6 Å². The Hall–Kier alpha value is -1.33. The van der Waals surface area contributed by atoms with Crippen LogP contribution in [0.15, 0.2) is 36.4 Å². The first-order valence-electron chi connectivity index (χ1n) is 9.37. The average molecular weight is 411 g/mol. The molecule has 0 aromatic heterocycles. The number of ether oxygens (including phenoxy) is 1. The topological polar surface area (TPSA) is 24.5 Å². The highest BCUT2D eigenvalue weighted by molar-refractivity contribution is 6.31. The Morgan fingerprint density at radius 1 is 1.26 bits per heavy atom. The summed E-state index contributed by atoms with van der Waals surface area (Å²) >= 11 is 12.2. The Bertz CT molecular complexity index is 752. The smallest absolute Gasteiger partial charge is 0.131 e. The second kappa shape index (κ2) is 9.74. The van der Waals surface area contributed by atoms with Crippen LogP contribution in [0.5, 0.6) is 5.75 Å². The zero-order valence-electron chi connectivity index (χ0n) is 15.5. The van der Waals surface area contributed by atoms with Crippen molar-refractivity contribution in [3.05, 3.63) is 63.4 Å². The van der Waals surface area contributed by atoms with Gasteiger partial charge < -0.3 is 10.1 Å². The number of nitrogens with zero attached hydrogens (tertiary/aromatic N) is 1. The van der Waals surface area contributed by atoms with Crippen LogP contribution in [0.25, 0.3) is 0 Å². The predicted octanol–water partition coefficient (Wildman–Crippen LogP) is 5.29. The molecule has 2 aromatic carbocycles. The molecule has 0 radical (unpaired) electrons. The van der Waals surface area contributed by atoms with Crippen molar-refractivity contribution in [3.63, 3.8) is 0 Å². The number of nitrogens with one attached hydrogen (secondary N) is 1. The lowest BCUT2D eigenvalue weighted by atomic mass is 10.1. The molecule has 1 N–H and O–H groups in total. The first-order chi connectivity index (χ1) is 13.1. The highest BCUT2D eigenvalue weighted by atomic mass is 35.5. The standard InChI is InChI=1S/C21H25Cl2FN2O/c1-2-26-10-4-5-17(26)13-25-12-15-11-16(22)8-9-21(15)27-14-18-19(23)6-3-7-20(18)24/h3,6-9,11,17,25H,2,4-5,10,12-14H2,1H3/t17-/m1/s1. The normalized spacial score (nSPS) is 17.4. The van der Waals surface area contributed by atoms with Gasteiger partial charge in [-0.05, 0) is 56.3 Å². The highest BCUT2D eigenvalue weighted by Crippen LogP contribution is 2.26. The summed E-state index contributed by atoms with van der Waals surface area (Å²) in [5.41, 5.74) is 1.31. The molecule has 3 rings (SSSR count). The minimum atomic E-state index is -0.364. The molecule has 0 unspecified atom stereocenters. The molecule has 1 aliphatic heterocycles. The van der Waals surface area contributed by atoms with E-state index in [-0.39, 0.29) is 12.4 Å². The monoisotopic (exact) mass is 410 g/mol. The van der Waals surface area contributed by atoms with Crippen LogP contribution < -0.4 is 10.1 Å². The van der Waals surface area contributed by atoms with Crippen molar-refractivity contribution in [2.45, 2.75) is 39.0 Å². The van der Waals surface area contributed by atoms with Gasteiger partial charge >= 0.3 is 0 Å². The van der Waals surface area contributed by atoms with Crippen molar-refractivity contribution in [1.29, 1.82) is 0 Å². The summed E-state index contributed by atoms with van der Waals surface area (Å²) in [4.78, 5) is 2.50. The molecule has 6 heteroatoms. The molecule has 2 aromatic rings. The summed E-state index contributed by atoms with van der Waals surface area (Å²) in [6.07, 6.45) is 2.49. The van der Waals surface area contributed by atoms with E-state index in [9.17, 15) is 4.39 Å². The molecule has 146 valence electrons. The third-order valence-corrected chi connectivity index (χ3v) is 5.65. The van der Waals surface area contributed by atoms with E-state index in [1.807, 2.05) is 12.1 Å². The number of likely N-dealkylation sites (tertiary alicyclic amines) is 1. The van der Waals surface area contributed by atoms with Gasteiger partial charge in [0.15, 0.2) is 0 Å².